The number of methoxy groups -OCH3 is 1. The summed E-state index contributed by atoms with van der Waals surface area (Å²) in [5.41, 5.74) is 1.01. The van der Waals surface area contributed by atoms with Crippen LogP contribution in [-0.4, -0.2) is 49.4 Å². The normalized spacial score (nSPS) is 11.7. The molecule has 1 aromatic carbocycles. The second kappa shape index (κ2) is 8.49. The van der Waals surface area contributed by atoms with Gasteiger partial charge < -0.3 is 14.5 Å². The molecule has 0 bridgehead atoms. The first-order valence-corrected chi connectivity index (χ1v) is 9.35. The summed E-state index contributed by atoms with van der Waals surface area (Å²) in [5.74, 6) is 0.502. The Morgan fingerprint density at radius 1 is 1.16 bits per heavy atom. The van der Waals surface area contributed by atoms with Crippen LogP contribution in [0.1, 0.15) is 28.2 Å². The topological polar surface area (TPSA) is 49.9 Å². The van der Waals surface area contributed by atoms with Crippen LogP contribution >= 0.6 is 27.3 Å². The molecule has 0 aliphatic heterocycles. The van der Waals surface area contributed by atoms with E-state index in [2.05, 4.69) is 15.9 Å². The van der Waals surface area contributed by atoms with Gasteiger partial charge in [-0.25, -0.2) is 0 Å². The molecule has 5 nitrogen and oxygen atoms in total. The summed E-state index contributed by atoms with van der Waals surface area (Å²) in [6.45, 7) is 1.99. The van der Waals surface area contributed by atoms with Gasteiger partial charge >= 0.3 is 0 Å². The van der Waals surface area contributed by atoms with Gasteiger partial charge in [-0.3, -0.25) is 9.59 Å². The molecular weight excluding hydrogens is 404 g/mol. The lowest BCUT2D eigenvalue weighted by atomic mass is 10.1. The minimum absolute atomic E-state index is 0.0331. The second-order valence-electron chi connectivity index (χ2n) is 5.72. The molecule has 0 fully saturated rings. The zero-order chi connectivity index (χ0) is 18.6. The van der Waals surface area contributed by atoms with Crippen LogP contribution in [0.3, 0.4) is 0 Å². The van der Waals surface area contributed by atoms with Gasteiger partial charge in [0.05, 0.1) is 28.4 Å². The molecule has 7 heteroatoms. The number of halogens is 1. The van der Waals surface area contributed by atoms with Gasteiger partial charge in [-0.1, -0.05) is 12.1 Å². The molecular formula is C18H21BrN2O3S. The van der Waals surface area contributed by atoms with Gasteiger partial charge in [0.25, 0.3) is 5.91 Å². The van der Waals surface area contributed by atoms with E-state index in [-0.39, 0.29) is 24.4 Å². The van der Waals surface area contributed by atoms with Crippen molar-refractivity contribution in [1.29, 1.82) is 0 Å². The van der Waals surface area contributed by atoms with E-state index < -0.39 is 0 Å². The molecule has 0 aliphatic carbocycles. The average Bonchev–Trinajstić information content (AvgIpc) is 3.06. The second-order valence-corrected chi connectivity index (χ2v) is 8.18. The van der Waals surface area contributed by atoms with E-state index in [1.807, 2.05) is 37.3 Å². The number of hydrogen-bond acceptors (Lipinski definition) is 4. The Balaban J connectivity index is 1.99. The smallest absolute Gasteiger partial charge is 0.264 e. The van der Waals surface area contributed by atoms with Gasteiger partial charge in [-0.05, 0) is 52.7 Å². The molecule has 2 rings (SSSR count). The Hall–Kier alpha value is -1.86. The van der Waals surface area contributed by atoms with Crippen molar-refractivity contribution in [2.45, 2.75) is 13.0 Å². The molecule has 25 heavy (non-hydrogen) atoms. The summed E-state index contributed by atoms with van der Waals surface area (Å²) in [6.07, 6.45) is 0. The van der Waals surface area contributed by atoms with Gasteiger partial charge in [0.15, 0.2) is 0 Å². The number of carbonyl (C=O) groups excluding carboxylic acids is 2. The largest absolute Gasteiger partial charge is 0.497 e. The van der Waals surface area contributed by atoms with Gasteiger partial charge in [0, 0.05) is 14.1 Å². The number of ether oxygens (including phenoxy) is 1. The van der Waals surface area contributed by atoms with Crippen molar-refractivity contribution >= 4 is 39.1 Å². The lowest BCUT2D eigenvalue weighted by molar-refractivity contribution is -0.132. The van der Waals surface area contributed by atoms with E-state index in [4.69, 9.17) is 4.74 Å². The Morgan fingerprint density at radius 3 is 2.32 bits per heavy atom. The van der Waals surface area contributed by atoms with Crippen LogP contribution in [0.25, 0.3) is 0 Å². The number of benzene rings is 1. The van der Waals surface area contributed by atoms with Crippen molar-refractivity contribution in [2.24, 2.45) is 0 Å². The van der Waals surface area contributed by atoms with Crippen molar-refractivity contribution in [3.05, 3.63) is 50.6 Å². The number of carbonyl (C=O) groups is 2. The molecule has 2 aromatic rings. The molecule has 1 atom stereocenters. The maximum atomic E-state index is 12.5. The predicted molar refractivity (Wildman–Crippen MR) is 103 cm³/mol. The Labute approximate surface area is 160 Å². The Kier molecular flexibility index (Phi) is 6.61. The summed E-state index contributed by atoms with van der Waals surface area (Å²) in [7, 11) is 5.00. The van der Waals surface area contributed by atoms with Crippen LogP contribution in [0, 0.1) is 0 Å². The quantitative estimate of drug-likeness (QED) is 0.707. The van der Waals surface area contributed by atoms with Gasteiger partial charge in [-0.15, -0.1) is 11.3 Å². The predicted octanol–water partition coefficient (Wildman–Crippen LogP) is 3.81. The molecule has 1 heterocycles. The SMILES string of the molecule is COc1ccc(C(C)N(C)C(=O)CN(C)C(=O)c2ccc(Br)s2)cc1. The summed E-state index contributed by atoms with van der Waals surface area (Å²) >= 11 is 4.70. The zero-order valence-corrected chi connectivity index (χ0v) is 17.1. The lowest BCUT2D eigenvalue weighted by Crippen LogP contribution is -2.40. The van der Waals surface area contributed by atoms with E-state index in [1.54, 1.807) is 32.2 Å². The highest BCUT2D eigenvalue weighted by molar-refractivity contribution is 9.11. The first-order chi connectivity index (χ1) is 11.8. The maximum Gasteiger partial charge on any atom is 0.264 e. The molecule has 0 aliphatic rings. The number of rotatable bonds is 6. The number of nitrogens with zero attached hydrogens (tertiary/aromatic N) is 2. The fourth-order valence-corrected chi connectivity index (χ4v) is 3.71. The van der Waals surface area contributed by atoms with Crippen molar-refractivity contribution < 1.29 is 14.3 Å². The lowest BCUT2D eigenvalue weighted by Gasteiger charge is -2.27. The third kappa shape index (κ3) is 4.83. The minimum atomic E-state index is -0.158. The van der Waals surface area contributed by atoms with Crippen LogP contribution in [0.2, 0.25) is 0 Å². The van der Waals surface area contributed by atoms with Crippen LogP contribution in [0.5, 0.6) is 5.75 Å². The number of thiophene rings is 1. The van der Waals surface area contributed by atoms with Crippen molar-refractivity contribution in [3.63, 3.8) is 0 Å². The molecule has 0 radical (unpaired) electrons. The average molecular weight is 425 g/mol. The third-order valence-corrected chi connectivity index (χ3v) is 5.69. The van der Waals surface area contributed by atoms with Crippen molar-refractivity contribution in [3.8, 4) is 5.75 Å². The molecule has 0 saturated carbocycles. The van der Waals surface area contributed by atoms with Crippen molar-refractivity contribution in [1.82, 2.24) is 9.80 Å². The third-order valence-electron chi connectivity index (χ3n) is 4.08. The summed E-state index contributed by atoms with van der Waals surface area (Å²) in [5, 5.41) is 0. The Morgan fingerprint density at radius 2 is 1.80 bits per heavy atom. The first-order valence-electron chi connectivity index (χ1n) is 7.74. The van der Waals surface area contributed by atoms with E-state index >= 15 is 0 Å². The summed E-state index contributed by atoms with van der Waals surface area (Å²) < 4.78 is 6.04. The van der Waals surface area contributed by atoms with E-state index in [1.165, 1.54) is 16.2 Å². The first kappa shape index (κ1) is 19.5. The van der Waals surface area contributed by atoms with Crippen LogP contribution in [0.4, 0.5) is 0 Å². The monoisotopic (exact) mass is 424 g/mol. The van der Waals surface area contributed by atoms with Gasteiger partial charge in [0.2, 0.25) is 5.91 Å². The van der Waals surface area contributed by atoms with E-state index in [0.717, 1.165) is 15.1 Å². The van der Waals surface area contributed by atoms with Crippen LogP contribution < -0.4 is 4.74 Å². The number of hydrogen-bond donors (Lipinski definition) is 0. The molecule has 1 unspecified atom stereocenters. The number of amides is 2. The number of likely N-dealkylation sites (N-methyl/N-ethyl adjacent to an activating group) is 2. The van der Waals surface area contributed by atoms with E-state index in [9.17, 15) is 9.59 Å². The van der Waals surface area contributed by atoms with E-state index in [0.29, 0.717) is 4.88 Å². The molecule has 0 N–H and O–H groups in total. The van der Waals surface area contributed by atoms with Crippen LogP contribution in [0.15, 0.2) is 40.2 Å². The summed E-state index contributed by atoms with van der Waals surface area (Å²) in [4.78, 5) is 28.6. The zero-order valence-electron chi connectivity index (χ0n) is 14.7. The molecule has 0 spiro atoms. The molecule has 1 aromatic heterocycles. The summed E-state index contributed by atoms with van der Waals surface area (Å²) in [6, 6.07) is 11.1. The fourth-order valence-electron chi connectivity index (χ4n) is 2.33. The fraction of sp³-hybridized carbons (Fsp3) is 0.333. The minimum Gasteiger partial charge on any atom is -0.497 e. The molecule has 2 amide bonds. The molecule has 0 saturated heterocycles. The van der Waals surface area contributed by atoms with Crippen LogP contribution in [-0.2, 0) is 4.79 Å². The standard InChI is InChI=1S/C18H21BrN2O3S/c1-12(13-5-7-14(24-4)8-6-13)21(3)17(22)11-20(2)18(23)15-9-10-16(19)25-15/h5-10,12H,11H2,1-4H3. The maximum absolute atomic E-state index is 12.5. The highest BCUT2D eigenvalue weighted by Gasteiger charge is 2.22. The highest BCUT2D eigenvalue weighted by Crippen LogP contribution is 2.24. The van der Waals surface area contributed by atoms with Gasteiger partial charge in [0.1, 0.15) is 5.75 Å². The van der Waals surface area contributed by atoms with Crippen molar-refractivity contribution in [2.75, 3.05) is 27.7 Å². The Bertz CT molecular complexity index is 745. The van der Waals surface area contributed by atoms with Gasteiger partial charge in [-0.2, -0.15) is 0 Å². The highest BCUT2D eigenvalue weighted by atomic mass is 79.9. The molecule has 134 valence electrons.